The average molecular weight is 610 g/mol. The van der Waals surface area contributed by atoms with Crippen LogP contribution in [0.25, 0.3) is 0 Å². The molecule has 1 aliphatic heterocycles. The number of aromatic nitrogens is 2. The SMILES string of the molecule is CCC(=O)NC(C(=O)N1CCN(C)CC1)C(C)c1ccc(NC(=O)C(NC(=O)c2ccnn2C)C(C2CC2)C2CC2)c(F)c1. The molecular formula is C32H44FN7O4. The van der Waals surface area contributed by atoms with Crippen molar-refractivity contribution in [1.29, 1.82) is 0 Å². The molecule has 0 bridgehead atoms. The van der Waals surface area contributed by atoms with Crippen molar-refractivity contribution in [3.05, 3.63) is 47.5 Å². The number of halogens is 1. The van der Waals surface area contributed by atoms with Crippen molar-refractivity contribution < 1.29 is 23.6 Å². The van der Waals surface area contributed by atoms with Gasteiger partial charge in [0, 0.05) is 51.8 Å². The van der Waals surface area contributed by atoms with Crippen LogP contribution in [-0.4, -0.2) is 88.5 Å². The maximum Gasteiger partial charge on any atom is 0.270 e. The van der Waals surface area contributed by atoms with Crippen LogP contribution in [0.1, 0.15) is 67.9 Å². The molecule has 3 unspecified atom stereocenters. The molecule has 44 heavy (non-hydrogen) atoms. The standard InChI is InChI=1S/C32H44FN7O4/c1-5-26(41)36-28(32(44)40-16-14-38(3)15-17-40)19(2)22-10-11-24(23(33)18-22)35-31(43)29(27(20-6-7-20)21-8-9-21)37-30(42)25-12-13-34-39(25)4/h10-13,18-21,27-29H,5-9,14-17H2,1-4H3,(H,35,43)(H,36,41)(H,37,42). The van der Waals surface area contributed by atoms with Gasteiger partial charge >= 0.3 is 0 Å². The lowest BCUT2D eigenvalue weighted by atomic mass is 9.88. The Kier molecular flexibility index (Phi) is 9.67. The van der Waals surface area contributed by atoms with Gasteiger partial charge in [0.15, 0.2) is 0 Å². The number of hydrogen-bond donors (Lipinski definition) is 3. The summed E-state index contributed by atoms with van der Waals surface area (Å²) in [5.41, 5.74) is 0.864. The van der Waals surface area contributed by atoms with Crippen LogP contribution >= 0.6 is 0 Å². The lowest BCUT2D eigenvalue weighted by Gasteiger charge is -2.36. The third-order valence-electron chi connectivity index (χ3n) is 9.34. The number of carbonyl (C=O) groups is 4. The lowest BCUT2D eigenvalue weighted by molar-refractivity contribution is -0.138. The van der Waals surface area contributed by atoms with Crippen LogP contribution in [0.3, 0.4) is 0 Å². The highest BCUT2D eigenvalue weighted by molar-refractivity contribution is 6.01. The summed E-state index contributed by atoms with van der Waals surface area (Å²) in [6.45, 7) is 6.11. The van der Waals surface area contributed by atoms with Crippen LogP contribution in [0.5, 0.6) is 0 Å². The molecular weight excluding hydrogens is 565 g/mol. The summed E-state index contributed by atoms with van der Waals surface area (Å²) in [7, 11) is 3.66. The molecule has 11 nitrogen and oxygen atoms in total. The molecule has 3 fully saturated rings. The maximum absolute atomic E-state index is 15.6. The fraction of sp³-hybridized carbons (Fsp3) is 0.594. The Hall–Kier alpha value is -3.80. The first-order valence-corrected chi connectivity index (χ1v) is 15.7. The second kappa shape index (κ2) is 13.5. The maximum atomic E-state index is 15.6. The molecule has 2 heterocycles. The molecule has 0 spiro atoms. The number of carbonyl (C=O) groups excluding carboxylic acids is 4. The summed E-state index contributed by atoms with van der Waals surface area (Å²) in [6, 6.07) is 4.40. The Bertz CT molecular complexity index is 1370. The molecule has 5 rings (SSSR count). The van der Waals surface area contributed by atoms with Crippen LogP contribution in [0.2, 0.25) is 0 Å². The zero-order chi connectivity index (χ0) is 31.5. The number of rotatable bonds is 12. The summed E-state index contributed by atoms with van der Waals surface area (Å²) in [6.07, 6.45) is 5.79. The van der Waals surface area contributed by atoms with E-state index in [9.17, 15) is 19.2 Å². The van der Waals surface area contributed by atoms with Crippen molar-refractivity contribution in [2.24, 2.45) is 24.8 Å². The first-order valence-electron chi connectivity index (χ1n) is 15.7. The van der Waals surface area contributed by atoms with Crippen molar-refractivity contribution >= 4 is 29.3 Å². The van der Waals surface area contributed by atoms with Gasteiger partial charge in [0.05, 0.1) is 5.69 Å². The van der Waals surface area contributed by atoms with Gasteiger partial charge in [0.2, 0.25) is 17.7 Å². The van der Waals surface area contributed by atoms with Crippen LogP contribution in [0, 0.1) is 23.6 Å². The zero-order valence-corrected chi connectivity index (χ0v) is 26.0. The van der Waals surface area contributed by atoms with E-state index in [1.54, 1.807) is 37.9 Å². The third-order valence-corrected chi connectivity index (χ3v) is 9.34. The van der Waals surface area contributed by atoms with E-state index >= 15 is 4.39 Å². The average Bonchev–Trinajstić information content (AvgIpc) is 3.96. The Labute approximate surface area is 257 Å². The Balaban J connectivity index is 1.33. The van der Waals surface area contributed by atoms with Gasteiger partial charge in [-0.1, -0.05) is 19.9 Å². The summed E-state index contributed by atoms with van der Waals surface area (Å²) in [5, 5.41) is 12.6. The number of benzene rings is 1. The van der Waals surface area contributed by atoms with Gasteiger partial charge in [-0.25, -0.2) is 4.39 Å². The summed E-state index contributed by atoms with van der Waals surface area (Å²) < 4.78 is 17.1. The Morgan fingerprint density at radius 1 is 0.955 bits per heavy atom. The number of nitrogens with zero attached hydrogens (tertiary/aromatic N) is 4. The molecule has 238 valence electrons. The number of aryl methyl sites for hydroxylation is 1. The number of anilines is 1. The minimum Gasteiger partial charge on any atom is -0.344 e. The van der Waals surface area contributed by atoms with Crippen molar-refractivity contribution in [3.8, 4) is 0 Å². The molecule has 0 radical (unpaired) electrons. The van der Waals surface area contributed by atoms with E-state index in [0.717, 1.165) is 38.8 Å². The van der Waals surface area contributed by atoms with E-state index < -0.39 is 35.6 Å². The van der Waals surface area contributed by atoms with E-state index in [0.29, 0.717) is 36.2 Å². The molecule has 1 aromatic carbocycles. The number of piperazine rings is 1. The highest BCUT2D eigenvalue weighted by Crippen LogP contribution is 2.51. The highest BCUT2D eigenvalue weighted by Gasteiger charge is 2.48. The molecule has 3 aliphatic rings. The Morgan fingerprint density at radius 3 is 2.16 bits per heavy atom. The largest absolute Gasteiger partial charge is 0.344 e. The number of amides is 4. The number of nitrogens with one attached hydrogen (secondary N) is 3. The summed E-state index contributed by atoms with van der Waals surface area (Å²) >= 11 is 0. The normalized spacial score (nSPS) is 19.3. The number of hydrogen-bond acceptors (Lipinski definition) is 6. The second-order valence-electron chi connectivity index (χ2n) is 12.6. The van der Waals surface area contributed by atoms with Crippen LogP contribution in [0.4, 0.5) is 10.1 Å². The van der Waals surface area contributed by atoms with Crippen LogP contribution in [-0.2, 0) is 21.4 Å². The summed E-state index contributed by atoms with van der Waals surface area (Å²) in [4.78, 5) is 56.6. The van der Waals surface area contributed by atoms with E-state index in [-0.39, 0.29) is 29.8 Å². The molecule has 3 atom stereocenters. The summed E-state index contributed by atoms with van der Waals surface area (Å²) in [5.74, 6) is -1.78. The zero-order valence-electron chi connectivity index (χ0n) is 26.0. The van der Waals surface area contributed by atoms with Crippen LogP contribution in [0.15, 0.2) is 30.5 Å². The van der Waals surface area contributed by atoms with E-state index in [1.165, 1.54) is 23.0 Å². The third kappa shape index (κ3) is 7.28. The van der Waals surface area contributed by atoms with Gasteiger partial charge in [0.1, 0.15) is 23.6 Å². The molecule has 2 aromatic rings. The minimum atomic E-state index is -0.852. The lowest BCUT2D eigenvalue weighted by Crippen LogP contribution is -2.55. The topological polar surface area (TPSA) is 129 Å². The van der Waals surface area contributed by atoms with Crippen molar-refractivity contribution in [2.45, 2.75) is 64.0 Å². The van der Waals surface area contributed by atoms with Crippen molar-refractivity contribution in [2.75, 3.05) is 38.5 Å². The predicted octanol–water partition coefficient (Wildman–Crippen LogP) is 2.50. The van der Waals surface area contributed by atoms with Gasteiger partial charge in [-0.3, -0.25) is 23.9 Å². The van der Waals surface area contributed by atoms with Crippen molar-refractivity contribution in [3.63, 3.8) is 0 Å². The molecule has 1 aromatic heterocycles. The van der Waals surface area contributed by atoms with E-state index in [4.69, 9.17) is 0 Å². The second-order valence-corrected chi connectivity index (χ2v) is 12.6. The predicted molar refractivity (Wildman–Crippen MR) is 163 cm³/mol. The molecule has 2 saturated carbocycles. The smallest absolute Gasteiger partial charge is 0.270 e. The van der Waals surface area contributed by atoms with Gasteiger partial charge in [-0.2, -0.15) is 5.10 Å². The fourth-order valence-corrected chi connectivity index (χ4v) is 6.26. The van der Waals surface area contributed by atoms with Gasteiger partial charge in [-0.15, -0.1) is 0 Å². The molecule has 3 N–H and O–H groups in total. The van der Waals surface area contributed by atoms with Gasteiger partial charge in [-0.05, 0) is 74.2 Å². The van der Waals surface area contributed by atoms with E-state index in [2.05, 4.69) is 25.9 Å². The minimum absolute atomic E-state index is 0.00406. The quantitative estimate of drug-likeness (QED) is 0.339. The Morgan fingerprint density at radius 2 is 1.61 bits per heavy atom. The van der Waals surface area contributed by atoms with E-state index in [1.807, 2.05) is 7.05 Å². The first-order chi connectivity index (χ1) is 21.1. The van der Waals surface area contributed by atoms with Crippen LogP contribution < -0.4 is 16.0 Å². The van der Waals surface area contributed by atoms with Crippen molar-refractivity contribution in [1.82, 2.24) is 30.2 Å². The van der Waals surface area contributed by atoms with Gasteiger partial charge in [0.25, 0.3) is 5.91 Å². The first kappa shape index (κ1) is 31.6. The monoisotopic (exact) mass is 609 g/mol. The number of likely N-dealkylation sites (N-methyl/N-ethyl adjacent to an activating group) is 1. The highest BCUT2D eigenvalue weighted by atomic mass is 19.1. The molecule has 2 aliphatic carbocycles. The molecule has 4 amide bonds. The molecule has 12 heteroatoms. The van der Waals surface area contributed by atoms with Gasteiger partial charge < -0.3 is 25.8 Å². The molecule has 1 saturated heterocycles. The fourth-order valence-electron chi connectivity index (χ4n) is 6.26.